The Kier molecular flexibility index (Phi) is 5.02. The number of nitro benzene ring substituents is 1. The first-order chi connectivity index (χ1) is 8.06. The number of nitro groups is 1. The zero-order chi connectivity index (χ0) is 12.8. The SMILES string of the molecule is O=[N+]([O-])c1ccc([C@@H](O)[C@@H](O)CCCO)cc1. The molecule has 1 aromatic carbocycles. The molecule has 0 aromatic heterocycles. The summed E-state index contributed by atoms with van der Waals surface area (Å²) in [4.78, 5) is 9.89. The van der Waals surface area contributed by atoms with Crippen molar-refractivity contribution in [3.05, 3.63) is 39.9 Å². The van der Waals surface area contributed by atoms with E-state index in [1.54, 1.807) is 0 Å². The number of hydrogen-bond donors (Lipinski definition) is 3. The Morgan fingerprint density at radius 1 is 1.24 bits per heavy atom. The third-order valence-electron chi connectivity index (χ3n) is 2.47. The predicted octanol–water partition coefficient (Wildman–Crippen LogP) is 0.762. The zero-order valence-electron chi connectivity index (χ0n) is 9.19. The van der Waals surface area contributed by atoms with E-state index in [0.29, 0.717) is 12.0 Å². The van der Waals surface area contributed by atoms with Crippen LogP contribution in [0.3, 0.4) is 0 Å². The Hall–Kier alpha value is -1.50. The summed E-state index contributed by atoms with van der Waals surface area (Å²) in [5.41, 5.74) is 0.354. The van der Waals surface area contributed by atoms with Gasteiger partial charge in [-0.1, -0.05) is 0 Å². The van der Waals surface area contributed by atoms with Crippen LogP contribution in [0, 0.1) is 10.1 Å². The number of aliphatic hydroxyl groups is 3. The molecule has 0 heterocycles. The zero-order valence-corrected chi connectivity index (χ0v) is 9.19. The summed E-state index contributed by atoms with van der Waals surface area (Å²) in [6, 6.07) is 5.37. The second-order valence-electron chi connectivity index (χ2n) is 3.73. The highest BCUT2D eigenvalue weighted by atomic mass is 16.6. The molecule has 6 nitrogen and oxygen atoms in total. The number of benzene rings is 1. The van der Waals surface area contributed by atoms with E-state index in [1.165, 1.54) is 24.3 Å². The van der Waals surface area contributed by atoms with Crippen molar-refractivity contribution in [3.8, 4) is 0 Å². The van der Waals surface area contributed by atoms with Gasteiger partial charge < -0.3 is 15.3 Å². The fraction of sp³-hybridized carbons (Fsp3) is 0.455. The van der Waals surface area contributed by atoms with Crippen molar-refractivity contribution in [2.75, 3.05) is 6.61 Å². The van der Waals surface area contributed by atoms with E-state index in [9.17, 15) is 20.3 Å². The van der Waals surface area contributed by atoms with Gasteiger partial charge in [-0.3, -0.25) is 10.1 Å². The number of nitrogens with zero attached hydrogens (tertiary/aromatic N) is 1. The molecule has 1 rings (SSSR count). The molecular formula is C11H15NO5. The standard InChI is InChI=1S/C11H15NO5/c13-7-1-2-10(14)11(15)8-3-5-9(6-4-8)12(16)17/h3-6,10-11,13-15H,1-2,7H2/t10-,11+/m0/s1. The van der Waals surface area contributed by atoms with Gasteiger partial charge in [0, 0.05) is 18.7 Å². The highest BCUT2D eigenvalue weighted by Crippen LogP contribution is 2.22. The molecule has 6 heteroatoms. The summed E-state index contributed by atoms with van der Waals surface area (Å²) in [6.45, 7) is -0.0515. The average Bonchev–Trinajstić information content (AvgIpc) is 2.35. The van der Waals surface area contributed by atoms with E-state index < -0.39 is 17.1 Å². The van der Waals surface area contributed by atoms with Gasteiger partial charge in [-0.25, -0.2) is 0 Å². The second-order valence-corrected chi connectivity index (χ2v) is 3.73. The minimum Gasteiger partial charge on any atom is -0.396 e. The van der Waals surface area contributed by atoms with Gasteiger partial charge in [0.1, 0.15) is 6.10 Å². The Balaban J connectivity index is 2.68. The first kappa shape index (κ1) is 13.6. The third kappa shape index (κ3) is 3.77. The molecule has 1 aromatic rings. The van der Waals surface area contributed by atoms with Crippen molar-refractivity contribution < 1.29 is 20.2 Å². The molecule has 0 amide bonds. The Morgan fingerprint density at radius 2 is 1.82 bits per heavy atom. The first-order valence-corrected chi connectivity index (χ1v) is 5.27. The Labute approximate surface area is 98.3 Å². The number of hydrogen-bond acceptors (Lipinski definition) is 5. The molecule has 0 spiro atoms. The summed E-state index contributed by atoms with van der Waals surface area (Å²) in [7, 11) is 0. The van der Waals surface area contributed by atoms with Crippen LogP contribution >= 0.6 is 0 Å². The lowest BCUT2D eigenvalue weighted by Gasteiger charge is -2.17. The smallest absolute Gasteiger partial charge is 0.269 e. The van der Waals surface area contributed by atoms with Crippen LogP contribution in [0.1, 0.15) is 24.5 Å². The molecule has 0 bridgehead atoms. The van der Waals surface area contributed by atoms with Crippen molar-refractivity contribution in [1.29, 1.82) is 0 Å². The number of non-ortho nitro benzene ring substituents is 1. The van der Waals surface area contributed by atoms with Crippen LogP contribution in [-0.2, 0) is 0 Å². The van der Waals surface area contributed by atoms with Crippen molar-refractivity contribution in [3.63, 3.8) is 0 Å². The third-order valence-corrected chi connectivity index (χ3v) is 2.47. The van der Waals surface area contributed by atoms with Crippen molar-refractivity contribution >= 4 is 5.69 Å². The van der Waals surface area contributed by atoms with Crippen molar-refractivity contribution in [1.82, 2.24) is 0 Å². The molecule has 0 radical (unpaired) electrons. The van der Waals surface area contributed by atoms with Gasteiger partial charge in [-0.2, -0.15) is 0 Å². The maximum atomic E-state index is 10.4. The van der Waals surface area contributed by atoms with Gasteiger partial charge in [-0.05, 0) is 30.5 Å². The van der Waals surface area contributed by atoms with Gasteiger partial charge >= 0.3 is 0 Å². The molecule has 0 aliphatic carbocycles. The van der Waals surface area contributed by atoms with Gasteiger partial charge in [0.2, 0.25) is 0 Å². The van der Waals surface area contributed by atoms with Crippen LogP contribution in [0.5, 0.6) is 0 Å². The summed E-state index contributed by atoms with van der Waals surface area (Å²) in [5.74, 6) is 0. The normalized spacial score (nSPS) is 14.3. The van der Waals surface area contributed by atoms with Crippen molar-refractivity contribution in [2.45, 2.75) is 25.0 Å². The van der Waals surface area contributed by atoms with E-state index in [0.717, 1.165) is 0 Å². The molecule has 0 saturated carbocycles. The van der Waals surface area contributed by atoms with Crippen LogP contribution in [0.2, 0.25) is 0 Å². The van der Waals surface area contributed by atoms with Crippen LogP contribution < -0.4 is 0 Å². The maximum absolute atomic E-state index is 10.4. The van der Waals surface area contributed by atoms with Gasteiger partial charge in [0.05, 0.1) is 11.0 Å². The average molecular weight is 241 g/mol. The lowest BCUT2D eigenvalue weighted by molar-refractivity contribution is -0.384. The summed E-state index contributed by atoms with van der Waals surface area (Å²) >= 11 is 0. The van der Waals surface area contributed by atoms with Crippen molar-refractivity contribution in [2.24, 2.45) is 0 Å². The van der Waals surface area contributed by atoms with Gasteiger partial charge in [0.15, 0.2) is 0 Å². The van der Waals surface area contributed by atoms with Gasteiger partial charge in [0.25, 0.3) is 5.69 Å². The molecule has 0 aliphatic heterocycles. The molecule has 0 unspecified atom stereocenters. The Morgan fingerprint density at radius 3 is 2.29 bits per heavy atom. The van der Waals surface area contributed by atoms with Crippen LogP contribution in [0.25, 0.3) is 0 Å². The molecule has 3 N–H and O–H groups in total. The second kappa shape index (κ2) is 6.29. The summed E-state index contributed by atoms with van der Waals surface area (Å²) in [5, 5.41) is 38.3. The summed E-state index contributed by atoms with van der Waals surface area (Å²) < 4.78 is 0. The van der Waals surface area contributed by atoms with E-state index in [2.05, 4.69) is 0 Å². The van der Waals surface area contributed by atoms with E-state index in [4.69, 9.17) is 5.11 Å². The Bertz CT molecular complexity index is 365. The molecule has 0 fully saturated rings. The highest BCUT2D eigenvalue weighted by molar-refractivity contribution is 5.34. The van der Waals surface area contributed by atoms with Crippen LogP contribution in [-0.4, -0.2) is 33.0 Å². The molecule has 17 heavy (non-hydrogen) atoms. The first-order valence-electron chi connectivity index (χ1n) is 5.27. The van der Waals surface area contributed by atoms with Gasteiger partial charge in [-0.15, -0.1) is 0 Å². The van der Waals surface area contributed by atoms with E-state index >= 15 is 0 Å². The van der Waals surface area contributed by atoms with Crippen LogP contribution in [0.4, 0.5) is 5.69 Å². The highest BCUT2D eigenvalue weighted by Gasteiger charge is 2.18. The predicted molar refractivity (Wildman–Crippen MR) is 60.4 cm³/mol. The minimum atomic E-state index is -1.10. The monoisotopic (exact) mass is 241 g/mol. The van der Waals surface area contributed by atoms with E-state index in [1.807, 2.05) is 0 Å². The molecule has 0 saturated heterocycles. The maximum Gasteiger partial charge on any atom is 0.269 e. The molecule has 2 atom stereocenters. The lowest BCUT2D eigenvalue weighted by Crippen LogP contribution is -2.18. The van der Waals surface area contributed by atoms with Crippen LogP contribution in [0.15, 0.2) is 24.3 Å². The van der Waals surface area contributed by atoms with E-state index in [-0.39, 0.29) is 18.7 Å². The molecular weight excluding hydrogens is 226 g/mol. The molecule has 94 valence electrons. The largest absolute Gasteiger partial charge is 0.396 e. The fourth-order valence-corrected chi connectivity index (χ4v) is 1.47. The summed E-state index contributed by atoms with van der Waals surface area (Å²) in [6.07, 6.45) is -1.41. The quantitative estimate of drug-likeness (QED) is 0.504. The minimum absolute atomic E-state index is 0.0515. The lowest BCUT2D eigenvalue weighted by atomic mass is 10.0. The topological polar surface area (TPSA) is 104 Å². The number of aliphatic hydroxyl groups excluding tert-OH is 3. The fourth-order valence-electron chi connectivity index (χ4n) is 1.47. The molecule has 0 aliphatic rings. The number of rotatable bonds is 6.